The number of nitrogens with zero attached hydrogens (tertiary/aromatic N) is 1. The summed E-state index contributed by atoms with van der Waals surface area (Å²) in [6.45, 7) is 6.02. The van der Waals surface area contributed by atoms with Crippen molar-refractivity contribution in [2.45, 2.75) is 33.4 Å². The Labute approximate surface area is 95.5 Å². The van der Waals surface area contributed by atoms with Crippen LogP contribution in [0.25, 0.3) is 0 Å². The van der Waals surface area contributed by atoms with Gasteiger partial charge in [0.1, 0.15) is 0 Å². The van der Waals surface area contributed by atoms with Crippen LogP contribution in [-0.4, -0.2) is 17.4 Å². The number of rotatable bonds is 2. The lowest BCUT2D eigenvalue weighted by Crippen LogP contribution is -2.28. The van der Waals surface area contributed by atoms with Gasteiger partial charge in [-0.05, 0) is 36.6 Å². The van der Waals surface area contributed by atoms with Crippen molar-refractivity contribution in [1.82, 2.24) is 15.6 Å². The predicted molar refractivity (Wildman–Crippen MR) is 61.9 cm³/mol. The fourth-order valence-corrected chi connectivity index (χ4v) is 2.09. The third-order valence-electron chi connectivity index (χ3n) is 2.98. The zero-order valence-electron chi connectivity index (χ0n) is 9.76. The van der Waals surface area contributed by atoms with Gasteiger partial charge in [-0.2, -0.15) is 0 Å². The normalized spacial score (nSPS) is 14.4. The number of amides is 1. The van der Waals surface area contributed by atoms with Crippen LogP contribution in [-0.2, 0) is 24.3 Å². The van der Waals surface area contributed by atoms with E-state index in [1.54, 1.807) is 6.92 Å². The molecule has 0 spiro atoms. The van der Waals surface area contributed by atoms with Gasteiger partial charge in [-0.3, -0.25) is 9.78 Å². The van der Waals surface area contributed by atoms with Gasteiger partial charge in [0.15, 0.2) is 0 Å². The number of aromatic nitrogens is 1. The van der Waals surface area contributed by atoms with Crippen molar-refractivity contribution in [3.05, 3.63) is 28.6 Å². The molecule has 0 atom stereocenters. The van der Waals surface area contributed by atoms with E-state index in [0.29, 0.717) is 6.54 Å². The molecule has 0 aromatic carbocycles. The van der Waals surface area contributed by atoms with Crippen LogP contribution in [0.4, 0.5) is 0 Å². The number of fused-ring (bicyclic) bond motifs is 1. The first kappa shape index (κ1) is 11.1. The van der Waals surface area contributed by atoms with Crippen LogP contribution in [0.5, 0.6) is 0 Å². The standard InChI is InChI=1S/C12H17N3O/c1-8-12(7-15-9(2)16)11-3-4-13-5-10(11)6-14-8/h6,13H,3-5,7H2,1-2H3,(H,15,16). The molecule has 2 rings (SSSR count). The maximum Gasteiger partial charge on any atom is 0.217 e. The van der Waals surface area contributed by atoms with Gasteiger partial charge in [-0.1, -0.05) is 0 Å². The molecule has 1 amide bonds. The lowest BCUT2D eigenvalue weighted by atomic mass is 9.96. The van der Waals surface area contributed by atoms with Gasteiger partial charge < -0.3 is 10.6 Å². The van der Waals surface area contributed by atoms with Gasteiger partial charge in [0, 0.05) is 31.9 Å². The summed E-state index contributed by atoms with van der Waals surface area (Å²) in [5.41, 5.74) is 4.83. The van der Waals surface area contributed by atoms with Gasteiger partial charge in [0.2, 0.25) is 5.91 Å². The maximum atomic E-state index is 11.0. The fraction of sp³-hybridized carbons (Fsp3) is 0.500. The van der Waals surface area contributed by atoms with Crippen LogP contribution in [0.3, 0.4) is 0 Å². The molecular weight excluding hydrogens is 202 g/mol. The second-order valence-electron chi connectivity index (χ2n) is 4.16. The van der Waals surface area contributed by atoms with Gasteiger partial charge in [0.05, 0.1) is 0 Å². The average molecular weight is 219 g/mol. The molecule has 1 aliphatic heterocycles. The average Bonchev–Trinajstić information content (AvgIpc) is 2.27. The summed E-state index contributed by atoms with van der Waals surface area (Å²) in [7, 11) is 0. The van der Waals surface area contributed by atoms with E-state index in [1.165, 1.54) is 16.7 Å². The molecule has 4 heteroatoms. The molecule has 1 aliphatic rings. The molecule has 0 saturated heterocycles. The Balaban J connectivity index is 2.30. The third-order valence-corrected chi connectivity index (χ3v) is 2.98. The minimum atomic E-state index is 0.00550. The highest BCUT2D eigenvalue weighted by Gasteiger charge is 2.15. The Morgan fingerprint density at radius 2 is 2.44 bits per heavy atom. The first-order chi connectivity index (χ1) is 7.68. The smallest absolute Gasteiger partial charge is 0.217 e. The second-order valence-corrected chi connectivity index (χ2v) is 4.16. The van der Waals surface area contributed by atoms with Crippen molar-refractivity contribution in [2.75, 3.05) is 6.54 Å². The van der Waals surface area contributed by atoms with Crippen LogP contribution in [0, 0.1) is 6.92 Å². The van der Waals surface area contributed by atoms with E-state index >= 15 is 0 Å². The van der Waals surface area contributed by atoms with Gasteiger partial charge in [0.25, 0.3) is 0 Å². The molecular formula is C12H17N3O. The predicted octanol–water partition coefficient (Wildman–Crippen LogP) is 0.672. The largest absolute Gasteiger partial charge is 0.352 e. The first-order valence-corrected chi connectivity index (χ1v) is 5.60. The van der Waals surface area contributed by atoms with E-state index in [1.807, 2.05) is 13.1 Å². The number of aryl methyl sites for hydroxylation is 1. The van der Waals surface area contributed by atoms with E-state index in [-0.39, 0.29) is 5.91 Å². The van der Waals surface area contributed by atoms with Crippen LogP contribution < -0.4 is 10.6 Å². The Morgan fingerprint density at radius 3 is 3.19 bits per heavy atom. The quantitative estimate of drug-likeness (QED) is 0.768. The number of pyridine rings is 1. The molecule has 2 N–H and O–H groups in total. The molecule has 0 bridgehead atoms. The summed E-state index contributed by atoms with van der Waals surface area (Å²) in [6.07, 6.45) is 2.96. The van der Waals surface area contributed by atoms with E-state index < -0.39 is 0 Å². The molecule has 86 valence electrons. The molecule has 16 heavy (non-hydrogen) atoms. The Morgan fingerprint density at radius 1 is 1.62 bits per heavy atom. The topological polar surface area (TPSA) is 54.0 Å². The highest BCUT2D eigenvalue weighted by atomic mass is 16.1. The van der Waals surface area contributed by atoms with Gasteiger partial charge in [-0.15, -0.1) is 0 Å². The molecule has 1 aromatic heterocycles. The third kappa shape index (κ3) is 2.22. The highest BCUT2D eigenvalue weighted by molar-refractivity contribution is 5.72. The molecule has 0 unspecified atom stereocenters. The summed E-state index contributed by atoms with van der Waals surface area (Å²) in [6, 6.07) is 0. The fourth-order valence-electron chi connectivity index (χ4n) is 2.09. The zero-order valence-corrected chi connectivity index (χ0v) is 9.76. The van der Waals surface area contributed by atoms with Gasteiger partial charge in [-0.25, -0.2) is 0 Å². The van der Waals surface area contributed by atoms with Crippen LogP contribution in [0.2, 0.25) is 0 Å². The van der Waals surface area contributed by atoms with Crippen LogP contribution in [0.1, 0.15) is 29.3 Å². The van der Waals surface area contributed by atoms with Crippen molar-refractivity contribution < 1.29 is 4.79 Å². The van der Waals surface area contributed by atoms with Crippen molar-refractivity contribution in [3.8, 4) is 0 Å². The number of nitrogens with one attached hydrogen (secondary N) is 2. The van der Waals surface area contributed by atoms with Gasteiger partial charge >= 0.3 is 0 Å². The number of hydrogen-bond acceptors (Lipinski definition) is 3. The van der Waals surface area contributed by atoms with E-state index in [9.17, 15) is 4.79 Å². The minimum Gasteiger partial charge on any atom is -0.352 e. The van der Waals surface area contributed by atoms with E-state index in [2.05, 4.69) is 15.6 Å². The molecule has 0 radical (unpaired) electrons. The zero-order chi connectivity index (χ0) is 11.5. The molecule has 0 aliphatic carbocycles. The minimum absolute atomic E-state index is 0.00550. The van der Waals surface area contributed by atoms with Crippen molar-refractivity contribution in [3.63, 3.8) is 0 Å². The van der Waals surface area contributed by atoms with Crippen molar-refractivity contribution in [1.29, 1.82) is 0 Å². The Bertz CT molecular complexity index is 415. The highest BCUT2D eigenvalue weighted by Crippen LogP contribution is 2.20. The Hall–Kier alpha value is -1.42. The summed E-state index contributed by atoms with van der Waals surface area (Å²) < 4.78 is 0. The monoisotopic (exact) mass is 219 g/mol. The number of hydrogen-bond donors (Lipinski definition) is 2. The summed E-state index contributed by atoms with van der Waals surface area (Å²) in [5, 5.41) is 6.18. The van der Waals surface area contributed by atoms with Crippen LogP contribution >= 0.6 is 0 Å². The summed E-state index contributed by atoms with van der Waals surface area (Å²) in [5.74, 6) is 0.00550. The molecule has 2 heterocycles. The Kier molecular flexibility index (Phi) is 3.19. The first-order valence-electron chi connectivity index (χ1n) is 5.60. The number of carbonyl (C=O) groups excluding carboxylic acids is 1. The lowest BCUT2D eigenvalue weighted by molar-refractivity contribution is -0.119. The number of carbonyl (C=O) groups is 1. The second kappa shape index (κ2) is 4.61. The lowest BCUT2D eigenvalue weighted by Gasteiger charge is -2.21. The maximum absolute atomic E-state index is 11.0. The van der Waals surface area contributed by atoms with E-state index in [0.717, 1.165) is 25.2 Å². The molecule has 1 aromatic rings. The molecule has 0 saturated carbocycles. The molecule has 0 fully saturated rings. The van der Waals surface area contributed by atoms with Crippen molar-refractivity contribution >= 4 is 5.91 Å². The molecule has 4 nitrogen and oxygen atoms in total. The van der Waals surface area contributed by atoms with E-state index in [4.69, 9.17) is 0 Å². The SMILES string of the molecule is CC(=O)NCc1c(C)ncc2c1CCNC2. The van der Waals surface area contributed by atoms with Crippen molar-refractivity contribution in [2.24, 2.45) is 0 Å². The van der Waals surface area contributed by atoms with Crippen LogP contribution in [0.15, 0.2) is 6.20 Å². The summed E-state index contributed by atoms with van der Waals surface area (Å²) >= 11 is 0. The summed E-state index contributed by atoms with van der Waals surface area (Å²) in [4.78, 5) is 15.3.